The molecule has 0 fully saturated rings. The third kappa shape index (κ3) is 5.16. The smallest absolute Gasteiger partial charge is 0.268 e. The predicted molar refractivity (Wildman–Crippen MR) is 225 cm³/mol. The van der Waals surface area contributed by atoms with Crippen molar-refractivity contribution in [1.82, 2.24) is 4.57 Å². The fourth-order valence-electron chi connectivity index (χ4n) is 8.28. The van der Waals surface area contributed by atoms with Crippen molar-refractivity contribution in [2.75, 3.05) is 4.90 Å². The number of carbonyl (C=O) groups is 2. The van der Waals surface area contributed by atoms with Gasteiger partial charge in [0.1, 0.15) is 0 Å². The minimum absolute atomic E-state index is 0.349. The molecule has 2 heterocycles. The third-order valence-corrected chi connectivity index (χ3v) is 10.7. The number of imide groups is 1. The highest BCUT2D eigenvalue weighted by atomic mass is 16.2. The minimum atomic E-state index is -0.383. The van der Waals surface area contributed by atoms with E-state index in [1.165, 1.54) is 4.90 Å². The zero-order valence-corrected chi connectivity index (χ0v) is 30.1. The number of hydrogen-bond donors (Lipinski definition) is 0. The van der Waals surface area contributed by atoms with Crippen molar-refractivity contribution in [2.45, 2.75) is 0 Å². The Morgan fingerprint density at radius 2 is 0.982 bits per heavy atom. The molecule has 9 aromatic rings. The molecule has 0 aliphatic carbocycles. The van der Waals surface area contributed by atoms with Crippen LogP contribution in [0.15, 0.2) is 188 Å². The molecule has 0 atom stereocenters. The van der Waals surface area contributed by atoms with Gasteiger partial charge in [0.25, 0.3) is 11.8 Å². The Kier molecular flexibility index (Phi) is 7.76. The number of benzene rings is 8. The zero-order valence-electron chi connectivity index (χ0n) is 30.1. The van der Waals surface area contributed by atoms with Crippen LogP contribution in [-0.4, -0.2) is 16.4 Å². The molecule has 262 valence electrons. The summed E-state index contributed by atoms with van der Waals surface area (Å²) in [6.45, 7) is 0. The molecule has 8 aromatic carbocycles. The van der Waals surface area contributed by atoms with Crippen LogP contribution >= 0.6 is 0 Å². The Bertz CT molecular complexity index is 3010. The topological polar surface area (TPSA) is 66.1 Å². The molecule has 10 rings (SSSR count). The SMILES string of the molecule is N#Cc1cccc(-c2cccc3c2c2ccccc2n3-c2cccc3c2C(=O)N(c2c(-c4ccccc4)cc(-c4ccccc4)cc2-c2ccccc2)C3=O)c1. The molecule has 1 aliphatic rings. The van der Waals surface area contributed by atoms with Crippen LogP contribution in [0, 0.1) is 11.3 Å². The van der Waals surface area contributed by atoms with E-state index in [1.54, 1.807) is 12.1 Å². The maximum Gasteiger partial charge on any atom is 0.268 e. The fourth-order valence-corrected chi connectivity index (χ4v) is 8.28. The summed E-state index contributed by atoms with van der Waals surface area (Å²) in [7, 11) is 0. The lowest BCUT2D eigenvalue weighted by atomic mass is 9.90. The predicted octanol–water partition coefficient (Wildman–Crippen LogP) is 12.1. The lowest BCUT2D eigenvalue weighted by molar-refractivity contribution is 0.0926. The maximum absolute atomic E-state index is 15.3. The van der Waals surface area contributed by atoms with Crippen LogP contribution < -0.4 is 4.90 Å². The molecule has 1 aliphatic heterocycles. The van der Waals surface area contributed by atoms with Crippen LogP contribution in [0.2, 0.25) is 0 Å². The average Bonchev–Trinajstić information content (AvgIpc) is 3.74. The van der Waals surface area contributed by atoms with Crippen molar-refractivity contribution in [3.63, 3.8) is 0 Å². The van der Waals surface area contributed by atoms with E-state index in [0.29, 0.717) is 28.1 Å². The maximum atomic E-state index is 15.3. The first-order valence-corrected chi connectivity index (χ1v) is 18.5. The van der Waals surface area contributed by atoms with Gasteiger partial charge in [0.15, 0.2) is 0 Å². The molecule has 0 bridgehead atoms. The van der Waals surface area contributed by atoms with Crippen molar-refractivity contribution in [3.05, 3.63) is 205 Å². The summed E-state index contributed by atoms with van der Waals surface area (Å²) in [4.78, 5) is 31.7. The average molecular weight is 718 g/mol. The van der Waals surface area contributed by atoms with Crippen molar-refractivity contribution in [1.29, 1.82) is 5.26 Å². The number of hydrogen-bond acceptors (Lipinski definition) is 3. The van der Waals surface area contributed by atoms with Gasteiger partial charge < -0.3 is 4.57 Å². The van der Waals surface area contributed by atoms with Crippen LogP contribution in [-0.2, 0) is 0 Å². The van der Waals surface area contributed by atoms with Gasteiger partial charge in [-0.15, -0.1) is 0 Å². The zero-order chi connectivity index (χ0) is 37.8. The Morgan fingerprint density at radius 3 is 1.66 bits per heavy atom. The Balaban J connectivity index is 1.22. The second-order valence-corrected chi connectivity index (χ2v) is 13.9. The largest absolute Gasteiger partial charge is 0.308 e. The van der Waals surface area contributed by atoms with E-state index in [2.05, 4.69) is 53.1 Å². The lowest BCUT2D eigenvalue weighted by Crippen LogP contribution is -2.30. The van der Waals surface area contributed by atoms with Crippen molar-refractivity contribution >= 4 is 39.3 Å². The summed E-state index contributed by atoms with van der Waals surface area (Å²) in [6.07, 6.45) is 0. The van der Waals surface area contributed by atoms with Gasteiger partial charge in [-0.25, -0.2) is 4.90 Å². The van der Waals surface area contributed by atoms with E-state index in [4.69, 9.17) is 0 Å². The van der Waals surface area contributed by atoms with Gasteiger partial charge in [0.05, 0.1) is 45.2 Å². The van der Waals surface area contributed by atoms with E-state index in [-0.39, 0.29) is 11.8 Å². The summed E-state index contributed by atoms with van der Waals surface area (Å²) in [5, 5.41) is 11.7. The number of carbonyl (C=O) groups excluding carboxylic acids is 2. The summed E-state index contributed by atoms with van der Waals surface area (Å²) >= 11 is 0. The highest BCUT2D eigenvalue weighted by Gasteiger charge is 2.41. The highest BCUT2D eigenvalue weighted by Crippen LogP contribution is 2.47. The van der Waals surface area contributed by atoms with Crippen LogP contribution in [0.1, 0.15) is 26.3 Å². The summed E-state index contributed by atoms with van der Waals surface area (Å²) in [5.41, 5.74) is 11.5. The Morgan fingerprint density at radius 1 is 0.429 bits per heavy atom. The molecule has 5 heteroatoms. The molecule has 0 radical (unpaired) electrons. The quantitative estimate of drug-likeness (QED) is 0.161. The molecule has 1 aromatic heterocycles. The second kappa shape index (κ2) is 13.2. The normalized spacial score (nSPS) is 12.3. The summed E-state index contributed by atoms with van der Waals surface area (Å²) < 4.78 is 2.10. The van der Waals surface area contributed by atoms with E-state index >= 15 is 4.79 Å². The standard InChI is InChI=1S/C51H31N3O2/c52-32-33-15-12-22-37(29-33)39-24-13-27-45-47(39)40-23-10-11-26-44(40)53(45)46-28-14-25-41-48(46)51(56)54(50(41)55)49-42(35-18-6-2-7-19-35)30-38(34-16-4-1-5-17-34)31-43(49)36-20-8-3-9-21-36/h1-31H. The van der Waals surface area contributed by atoms with Gasteiger partial charge in [-0.1, -0.05) is 140 Å². The second-order valence-electron chi connectivity index (χ2n) is 13.9. The molecule has 0 saturated heterocycles. The molecule has 0 spiro atoms. The molecule has 0 N–H and O–H groups in total. The number of aromatic nitrogens is 1. The minimum Gasteiger partial charge on any atom is -0.308 e. The first-order valence-electron chi connectivity index (χ1n) is 18.5. The molecule has 2 amide bonds. The lowest BCUT2D eigenvalue weighted by Gasteiger charge is -2.24. The van der Waals surface area contributed by atoms with Crippen LogP contribution in [0.4, 0.5) is 5.69 Å². The van der Waals surface area contributed by atoms with Crippen molar-refractivity contribution in [3.8, 4) is 56.3 Å². The molecular weight excluding hydrogens is 687 g/mol. The van der Waals surface area contributed by atoms with Gasteiger partial charge in [0, 0.05) is 21.9 Å². The number of anilines is 1. The number of fused-ring (bicyclic) bond motifs is 4. The Hall–Kier alpha value is -7.81. The van der Waals surface area contributed by atoms with Crippen molar-refractivity contribution < 1.29 is 9.59 Å². The fraction of sp³-hybridized carbons (Fsp3) is 0. The highest BCUT2D eigenvalue weighted by molar-refractivity contribution is 6.37. The van der Waals surface area contributed by atoms with Crippen LogP contribution in [0.5, 0.6) is 0 Å². The number of para-hydroxylation sites is 1. The molecule has 0 saturated carbocycles. The van der Waals surface area contributed by atoms with Gasteiger partial charge in [0.2, 0.25) is 0 Å². The van der Waals surface area contributed by atoms with E-state index in [0.717, 1.165) is 66.3 Å². The number of nitriles is 1. The van der Waals surface area contributed by atoms with Gasteiger partial charge >= 0.3 is 0 Å². The van der Waals surface area contributed by atoms with Gasteiger partial charge in [-0.3, -0.25) is 9.59 Å². The number of amides is 2. The van der Waals surface area contributed by atoms with E-state index in [1.807, 2.05) is 133 Å². The molecule has 56 heavy (non-hydrogen) atoms. The first kappa shape index (κ1) is 32.8. The number of rotatable bonds is 6. The number of nitrogens with zero attached hydrogens (tertiary/aromatic N) is 3. The van der Waals surface area contributed by atoms with Gasteiger partial charge in [-0.2, -0.15) is 5.26 Å². The van der Waals surface area contributed by atoms with E-state index in [9.17, 15) is 10.1 Å². The van der Waals surface area contributed by atoms with E-state index < -0.39 is 0 Å². The monoisotopic (exact) mass is 717 g/mol. The molecular formula is C51H31N3O2. The van der Waals surface area contributed by atoms with Crippen LogP contribution in [0.25, 0.3) is 72.0 Å². The first-order chi connectivity index (χ1) is 27.6. The third-order valence-electron chi connectivity index (χ3n) is 10.7. The summed E-state index contributed by atoms with van der Waals surface area (Å²) in [5.74, 6) is -0.755. The van der Waals surface area contributed by atoms with Crippen LogP contribution in [0.3, 0.4) is 0 Å². The van der Waals surface area contributed by atoms with Crippen molar-refractivity contribution in [2.24, 2.45) is 0 Å². The van der Waals surface area contributed by atoms with Gasteiger partial charge in [-0.05, 0) is 81.9 Å². The molecule has 0 unspecified atom stereocenters. The summed E-state index contributed by atoms with van der Waals surface area (Å²) in [6, 6.07) is 64.0. The Labute approximate surface area is 323 Å². The molecule has 5 nitrogen and oxygen atoms in total.